The maximum atomic E-state index is 13.4. The molecule has 0 saturated carbocycles. The summed E-state index contributed by atoms with van der Waals surface area (Å²) in [7, 11) is 1.48. The van der Waals surface area contributed by atoms with E-state index in [4.69, 9.17) is 9.84 Å². The van der Waals surface area contributed by atoms with Crippen molar-refractivity contribution in [3.8, 4) is 5.75 Å². The molecule has 0 aromatic heterocycles. The number of halogens is 1. The van der Waals surface area contributed by atoms with Crippen LogP contribution >= 0.6 is 0 Å². The van der Waals surface area contributed by atoms with Gasteiger partial charge in [-0.05, 0) is 42.8 Å². The fourth-order valence-electron chi connectivity index (χ4n) is 2.36. The number of amides is 1. The Balaban J connectivity index is 2.04. The highest BCUT2D eigenvalue weighted by Crippen LogP contribution is 2.25. The number of hydrogen-bond acceptors (Lipinski definition) is 3. The molecule has 0 saturated heterocycles. The second-order valence-electron chi connectivity index (χ2n) is 5.35. The van der Waals surface area contributed by atoms with Crippen LogP contribution in [0.1, 0.15) is 34.5 Å². The summed E-state index contributed by atoms with van der Waals surface area (Å²) in [6.07, 6.45) is 0.0991. The van der Waals surface area contributed by atoms with Crippen molar-refractivity contribution >= 4 is 11.9 Å². The summed E-state index contributed by atoms with van der Waals surface area (Å²) in [5.41, 5.74) is 1.40. The molecule has 126 valence electrons. The third-order valence-electron chi connectivity index (χ3n) is 3.60. The number of benzene rings is 2. The molecule has 0 aliphatic heterocycles. The quantitative estimate of drug-likeness (QED) is 0.853. The molecule has 2 aromatic carbocycles. The number of ether oxygens (including phenoxy) is 1. The fraction of sp³-hybridized carbons (Fsp3) is 0.222. The molecule has 0 aliphatic carbocycles. The van der Waals surface area contributed by atoms with Gasteiger partial charge in [-0.2, -0.15) is 0 Å². The highest BCUT2D eigenvalue weighted by Gasteiger charge is 2.15. The minimum absolute atomic E-state index is 0.0991. The van der Waals surface area contributed by atoms with Crippen molar-refractivity contribution in [3.05, 3.63) is 65.0 Å². The molecule has 24 heavy (non-hydrogen) atoms. The number of carboxylic acids is 1. The van der Waals surface area contributed by atoms with Gasteiger partial charge in [-0.1, -0.05) is 12.1 Å². The Bertz CT molecular complexity index is 743. The van der Waals surface area contributed by atoms with Crippen molar-refractivity contribution in [2.45, 2.75) is 19.4 Å². The average Bonchev–Trinajstić information content (AvgIpc) is 2.55. The van der Waals surface area contributed by atoms with Gasteiger partial charge in [0.1, 0.15) is 11.6 Å². The molecule has 1 atom stereocenters. The van der Waals surface area contributed by atoms with Crippen molar-refractivity contribution < 1.29 is 23.8 Å². The number of nitrogens with one attached hydrogen (secondary N) is 1. The molecule has 0 radical (unpaired) electrons. The molecular weight excluding hydrogens is 313 g/mol. The molecule has 0 aliphatic rings. The minimum atomic E-state index is -1.02. The van der Waals surface area contributed by atoms with Crippen LogP contribution in [0.15, 0.2) is 42.5 Å². The number of carbonyl (C=O) groups excluding carboxylic acids is 1. The lowest BCUT2D eigenvalue weighted by Gasteiger charge is -2.17. The first-order valence-electron chi connectivity index (χ1n) is 7.35. The second-order valence-corrected chi connectivity index (χ2v) is 5.35. The monoisotopic (exact) mass is 331 g/mol. The van der Waals surface area contributed by atoms with Crippen molar-refractivity contribution in [1.82, 2.24) is 5.32 Å². The van der Waals surface area contributed by atoms with Crippen molar-refractivity contribution in [2.75, 3.05) is 7.11 Å². The van der Waals surface area contributed by atoms with Gasteiger partial charge in [0.2, 0.25) is 5.91 Å². The first-order valence-corrected chi connectivity index (χ1v) is 7.35. The third-order valence-corrected chi connectivity index (χ3v) is 3.60. The van der Waals surface area contributed by atoms with Crippen molar-refractivity contribution in [1.29, 1.82) is 0 Å². The van der Waals surface area contributed by atoms with Crippen molar-refractivity contribution in [2.24, 2.45) is 0 Å². The molecule has 0 unspecified atom stereocenters. The molecule has 0 heterocycles. The fourth-order valence-corrected chi connectivity index (χ4v) is 2.36. The van der Waals surface area contributed by atoms with Gasteiger partial charge in [0, 0.05) is 5.56 Å². The van der Waals surface area contributed by atoms with Gasteiger partial charge in [-0.3, -0.25) is 4.79 Å². The van der Waals surface area contributed by atoms with Crippen LogP contribution in [0.2, 0.25) is 0 Å². The maximum Gasteiger partial charge on any atom is 0.335 e. The van der Waals surface area contributed by atoms with E-state index in [0.717, 1.165) is 0 Å². The van der Waals surface area contributed by atoms with Crippen LogP contribution in [0.25, 0.3) is 0 Å². The standard InChI is InChI=1S/C18H18FNO4/c1-11(15-10-14(19)7-8-16(15)24-2)20-17(21)9-12-3-5-13(6-4-12)18(22)23/h3-8,10-11H,9H2,1-2H3,(H,20,21)(H,22,23)/t11-/m1/s1. The molecule has 2 aromatic rings. The summed E-state index contributed by atoms with van der Waals surface area (Å²) in [6.45, 7) is 1.74. The molecule has 5 nitrogen and oxygen atoms in total. The topological polar surface area (TPSA) is 75.6 Å². The van der Waals surface area contributed by atoms with Crippen LogP contribution in [-0.4, -0.2) is 24.1 Å². The van der Waals surface area contributed by atoms with Crippen LogP contribution < -0.4 is 10.1 Å². The zero-order valence-electron chi connectivity index (χ0n) is 13.4. The predicted octanol–water partition coefficient (Wildman–Crippen LogP) is 2.95. The molecule has 1 amide bonds. The van der Waals surface area contributed by atoms with Crippen LogP contribution in [0, 0.1) is 5.82 Å². The van der Waals surface area contributed by atoms with Gasteiger partial charge < -0.3 is 15.2 Å². The van der Waals surface area contributed by atoms with E-state index in [2.05, 4.69) is 5.32 Å². The lowest BCUT2D eigenvalue weighted by atomic mass is 10.1. The van der Waals surface area contributed by atoms with Gasteiger partial charge in [-0.25, -0.2) is 9.18 Å². The first kappa shape index (κ1) is 17.5. The van der Waals surface area contributed by atoms with E-state index in [-0.39, 0.29) is 17.9 Å². The summed E-state index contributed by atoms with van der Waals surface area (Å²) in [6, 6.07) is 9.78. The Labute approximate surface area is 139 Å². The third kappa shape index (κ3) is 4.32. The highest BCUT2D eigenvalue weighted by molar-refractivity contribution is 5.87. The Hall–Kier alpha value is -2.89. The summed E-state index contributed by atoms with van der Waals surface area (Å²) in [5.74, 6) is -1.18. The zero-order chi connectivity index (χ0) is 17.7. The smallest absolute Gasteiger partial charge is 0.335 e. The lowest BCUT2D eigenvalue weighted by Crippen LogP contribution is -2.28. The molecule has 6 heteroatoms. The van der Waals surface area contributed by atoms with Gasteiger partial charge in [0.05, 0.1) is 25.1 Å². The zero-order valence-corrected chi connectivity index (χ0v) is 13.4. The van der Waals surface area contributed by atoms with E-state index in [1.807, 2.05) is 0 Å². The Morgan fingerprint density at radius 3 is 2.46 bits per heavy atom. The number of carboxylic acid groups (broad SMARTS) is 1. The molecular formula is C18H18FNO4. The summed E-state index contributed by atoms with van der Waals surface area (Å²) in [4.78, 5) is 22.9. The van der Waals surface area contributed by atoms with Gasteiger partial charge in [0.15, 0.2) is 0 Å². The molecule has 0 bridgehead atoms. The largest absolute Gasteiger partial charge is 0.496 e. The molecule has 2 rings (SSSR count). The van der Waals surface area contributed by atoms with Crippen LogP contribution in [-0.2, 0) is 11.2 Å². The molecule has 2 N–H and O–H groups in total. The van der Waals surface area contributed by atoms with Crippen LogP contribution in [0.4, 0.5) is 4.39 Å². The normalized spacial score (nSPS) is 11.6. The minimum Gasteiger partial charge on any atom is -0.496 e. The number of hydrogen-bond donors (Lipinski definition) is 2. The van der Waals surface area contributed by atoms with E-state index in [1.165, 1.54) is 37.4 Å². The number of aromatic carboxylic acids is 1. The van der Waals surface area contributed by atoms with E-state index in [9.17, 15) is 14.0 Å². The number of rotatable bonds is 6. The van der Waals surface area contributed by atoms with Gasteiger partial charge in [-0.15, -0.1) is 0 Å². The first-order chi connectivity index (χ1) is 11.4. The second kappa shape index (κ2) is 7.59. The lowest BCUT2D eigenvalue weighted by molar-refractivity contribution is -0.121. The SMILES string of the molecule is COc1ccc(F)cc1[C@@H](C)NC(=O)Cc1ccc(C(=O)O)cc1. The summed E-state index contributed by atoms with van der Waals surface area (Å²) >= 11 is 0. The predicted molar refractivity (Wildman–Crippen MR) is 86.6 cm³/mol. The molecule has 0 spiro atoms. The Morgan fingerprint density at radius 1 is 1.21 bits per heavy atom. The van der Waals surface area contributed by atoms with Crippen molar-refractivity contribution in [3.63, 3.8) is 0 Å². The number of carbonyl (C=O) groups is 2. The molecule has 0 fully saturated rings. The summed E-state index contributed by atoms with van der Waals surface area (Å²) in [5, 5.41) is 11.6. The average molecular weight is 331 g/mol. The van der Waals surface area contributed by atoms with E-state index < -0.39 is 17.8 Å². The van der Waals surface area contributed by atoms with Crippen LogP contribution in [0.5, 0.6) is 5.75 Å². The van der Waals surface area contributed by atoms with E-state index in [1.54, 1.807) is 19.1 Å². The Morgan fingerprint density at radius 2 is 1.88 bits per heavy atom. The van der Waals surface area contributed by atoms with E-state index >= 15 is 0 Å². The number of methoxy groups -OCH3 is 1. The summed E-state index contributed by atoms with van der Waals surface area (Å²) < 4.78 is 18.6. The van der Waals surface area contributed by atoms with Gasteiger partial charge in [0.25, 0.3) is 0 Å². The van der Waals surface area contributed by atoms with E-state index in [0.29, 0.717) is 16.9 Å². The Kier molecular flexibility index (Phi) is 5.52. The van der Waals surface area contributed by atoms with Gasteiger partial charge >= 0.3 is 5.97 Å². The highest BCUT2D eigenvalue weighted by atomic mass is 19.1. The maximum absolute atomic E-state index is 13.4. The van der Waals surface area contributed by atoms with Crippen LogP contribution in [0.3, 0.4) is 0 Å².